The third kappa shape index (κ3) is 5.37. The number of pyridine rings is 1. The number of aryl methyl sites for hydroxylation is 3. The molecule has 0 saturated carbocycles. The van der Waals surface area contributed by atoms with E-state index in [9.17, 15) is 13.2 Å². The molecular weight excluding hydrogens is 338 g/mol. The van der Waals surface area contributed by atoms with Crippen LogP contribution in [-0.2, 0) is 21.4 Å². The van der Waals surface area contributed by atoms with Crippen molar-refractivity contribution in [1.29, 1.82) is 0 Å². The minimum atomic E-state index is -3.64. The molecule has 1 aromatic heterocycles. The molecule has 6 nitrogen and oxygen atoms in total. The summed E-state index contributed by atoms with van der Waals surface area (Å²) < 4.78 is 27.5. The molecule has 0 fully saturated rings. The Morgan fingerprint density at radius 3 is 2.40 bits per heavy atom. The molecule has 0 atom stereocenters. The van der Waals surface area contributed by atoms with Crippen molar-refractivity contribution in [3.63, 3.8) is 0 Å². The lowest BCUT2D eigenvalue weighted by atomic mass is 10.1. The molecule has 7 heteroatoms. The van der Waals surface area contributed by atoms with Gasteiger partial charge >= 0.3 is 0 Å². The molecule has 0 aliphatic rings. The van der Waals surface area contributed by atoms with Gasteiger partial charge in [-0.2, -0.15) is 0 Å². The van der Waals surface area contributed by atoms with Crippen molar-refractivity contribution < 1.29 is 13.2 Å². The average molecular weight is 361 g/mol. The van der Waals surface area contributed by atoms with Crippen LogP contribution in [0.25, 0.3) is 0 Å². The largest absolute Gasteiger partial charge is 0.350 e. The van der Waals surface area contributed by atoms with Crippen molar-refractivity contribution >= 4 is 15.9 Å². The molecule has 2 rings (SSSR count). The maximum Gasteiger partial charge on any atom is 0.241 e. The summed E-state index contributed by atoms with van der Waals surface area (Å²) in [6.07, 6.45) is 1.72. The standard InChI is InChI=1S/C18H23N3O3S/c1-13-10-14(2)18(15(3)11-13)25(23,24)21-9-7-17(22)20-12-16-6-4-5-8-19-16/h4-6,8,10-11,21H,7,9,12H2,1-3H3,(H,20,22). The first-order valence-corrected chi connectivity index (χ1v) is 9.52. The highest BCUT2D eigenvalue weighted by Crippen LogP contribution is 2.21. The first-order chi connectivity index (χ1) is 11.8. The van der Waals surface area contributed by atoms with E-state index in [2.05, 4.69) is 15.0 Å². The average Bonchev–Trinajstić information content (AvgIpc) is 2.52. The number of carbonyl (C=O) groups is 1. The van der Waals surface area contributed by atoms with E-state index in [1.54, 1.807) is 26.1 Å². The second-order valence-corrected chi connectivity index (χ2v) is 7.68. The number of carbonyl (C=O) groups excluding carboxylic acids is 1. The first kappa shape index (κ1) is 19.1. The third-order valence-corrected chi connectivity index (χ3v) is 5.48. The maximum absolute atomic E-state index is 12.5. The zero-order valence-corrected chi connectivity index (χ0v) is 15.5. The summed E-state index contributed by atoms with van der Waals surface area (Å²) in [5.41, 5.74) is 3.17. The number of hydrogen-bond donors (Lipinski definition) is 2. The van der Waals surface area contributed by atoms with Crippen LogP contribution in [-0.4, -0.2) is 25.9 Å². The Hall–Kier alpha value is -2.25. The molecule has 25 heavy (non-hydrogen) atoms. The van der Waals surface area contributed by atoms with Gasteiger partial charge in [0.15, 0.2) is 0 Å². The van der Waals surface area contributed by atoms with E-state index < -0.39 is 10.0 Å². The molecule has 0 spiro atoms. The number of benzene rings is 1. The van der Waals surface area contributed by atoms with Crippen LogP contribution in [0.1, 0.15) is 28.8 Å². The van der Waals surface area contributed by atoms with E-state index in [1.807, 2.05) is 31.2 Å². The van der Waals surface area contributed by atoms with E-state index in [1.165, 1.54) is 0 Å². The highest BCUT2D eigenvalue weighted by atomic mass is 32.2. The van der Waals surface area contributed by atoms with Gasteiger partial charge in [-0.1, -0.05) is 23.8 Å². The van der Waals surface area contributed by atoms with E-state index >= 15 is 0 Å². The summed E-state index contributed by atoms with van der Waals surface area (Å²) in [7, 11) is -3.64. The van der Waals surface area contributed by atoms with Crippen molar-refractivity contribution in [3.05, 3.63) is 58.9 Å². The molecule has 1 amide bonds. The predicted octanol–water partition coefficient (Wildman–Crippen LogP) is 1.99. The Morgan fingerprint density at radius 2 is 1.80 bits per heavy atom. The fraction of sp³-hybridized carbons (Fsp3) is 0.333. The van der Waals surface area contributed by atoms with Crippen LogP contribution in [0.3, 0.4) is 0 Å². The van der Waals surface area contributed by atoms with Gasteiger partial charge < -0.3 is 5.32 Å². The molecule has 0 bridgehead atoms. The van der Waals surface area contributed by atoms with Crippen LogP contribution in [0.5, 0.6) is 0 Å². The highest BCUT2D eigenvalue weighted by molar-refractivity contribution is 7.89. The van der Waals surface area contributed by atoms with Gasteiger partial charge in [-0.3, -0.25) is 9.78 Å². The van der Waals surface area contributed by atoms with Crippen molar-refractivity contribution in [2.75, 3.05) is 6.54 Å². The monoisotopic (exact) mass is 361 g/mol. The van der Waals surface area contributed by atoms with Crippen molar-refractivity contribution in [1.82, 2.24) is 15.0 Å². The smallest absolute Gasteiger partial charge is 0.241 e. The first-order valence-electron chi connectivity index (χ1n) is 8.04. The quantitative estimate of drug-likeness (QED) is 0.789. The normalized spacial score (nSPS) is 11.3. The summed E-state index contributed by atoms with van der Waals surface area (Å²) in [5, 5.41) is 2.72. The molecule has 134 valence electrons. The number of nitrogens with zero attached hydrogens (tertiary/aromatic N) is 1. The minimum Gasteiger partial charge on any atom is -0.350 e. The van der Waals surface area contributed by atoms with Gasteiger partial charge in [-0.15, -0.1) is 0 Å². The van der Waals surface area contributed by atoms with Crippen molar-refractivity contribution in [2.24, 2.45) is 0 Å². The molecule has 0 saturated heterocycles. The van der Waals surface area contributed by atoms with Crippen LogP contribution in [0.15, 0.2) is 41.4 Å². The van der Waals surface area contributed by atoms with E-state index in [4.69, 9.17) is 0 Å². The lowest BCUT2D eigenvalue weighted by molar-refractivity contribution is -0.121. The molecule has 1 aromatic carbocycles. The van der Waals surface area contributed by atoms with Gasteiger partial charge in [-0.25, -0.2) is 13.1 Å². The summed E-state index contributed by atoms with van der Waals surface area (Å²) in [6, 6.07) is 9.12. The molecule has 1 heterocycles. The minimum absolute atomic E-state index is 0.0448. The van der Waals surface area contributed by atoms with Crippen LogP contribution in [0, 0.1) is 20.8 Å². The SMILES string of the molecule is Cc1cc(C)c(S(=O)(=O)NCCC(=O)NCc2ccccn2)c(C)c1. The van der Waals surface area contributed by atoms with Gasteiger partial charge in [0, 0.05) is 19.2 Å². The van der Waals surface area contributed by atoms with Crippen LogP contribution in [0.2, 0.25) is 0 Å². The zero-order chi connectivity index (χ0) is 18.4. The zero-order valence-electron chi connectivity index (χ0n) is 14.7. The second-order valence-electron chi connectivity index (χ2n) is 5.97. The Morgan fingerprint density at radius 1 is 1.12 bits per heavy atom. The van der Waals surface area contributed by atoms with Crippen LogP contribution >= 0.6 is 0 Å². The number of rotatable bonds is 7. The van der Waals surface area contributed by atoms with E-state index in [-0.39, 0.29) is 23.8 Å². The van der Waals surface area contributed by atoms with E-state index in [0.717, 1.165) is 11.3 Å². The number of nitrogens with one attached hydrogen (secondary N) is 2. The van der Waals surface area contributed by atoms with Gasteiger partial charge in [0.25, 0.3) is 0 Å². The van der Waals surface area contributed by atoms with Crippen molar-refractivity contribution in [3.8, 4) is 0 Å². The van der Waals surface area contributed by atoms with E-state index in [0.29, 0.717) is 17.7 Å². The lowest BCUT2D eigenvalue weighted by Gasteiger charge is -2.13. The molecule has 0 unspecified atom stereocenters. The Kier molecular flexibility index (Phi) is 6.27. The molecular formula is C18H23N3O3S. The topological polar surface area (TPSA) is 88.2 Å². The summed E-state index contributed by atoms with van der Waals surface area (Å²) in [4.78, 5) is 16.2. The number of hydrogen-bond acceptors (Lipinski definition) is 4. The lowest BCUT2D eigenvalue weighted by Crippen LogP contribution is -2.31. The Labute approximate surface area is 148 Å². The molecule has 0 radical (unpaired) electrons. The Bertz CT molecular complexity index is 826. The van der Waals surface area contributed by atoms with Gasteiger partial charge in [0.05, 0.1) is 17.1 Å². The summed E-state index contributed by atoms with van der Waals surface area (Å²) in [6.45, 7) is 5.84. The summed E-state index contributed by atoms with van der Waals surface area (Å²) in [5.74, 6) is -0.231. The van der Waals surface area contributed by atoms with Crippen LogP contribution in [0.4, 0.5) is 0 Å². The summed E-state index contributed by atoms with van der Waals surface area (Å²) >= 11 is 0. The van der Waals surface area contributed by atoms with Gasteiger partial charge in [0.2, 0.25) is 15.9 Å². The molecule has 2 aromatic rings. The second kappa shape index (κ2) is 8.22. The predicted molar refractivity (Wildman–Crippen MR) is 96.5 cm³/mol. The molecule has 0 aliphatic heterocycles. The third-order valence-electron chi connectivity index (χ3n) is 3.71. The molecule has 2 N–H and O–H groups in total. The number of sulfonamides is 1. The maximum atomic E-state index is 12.5. The number of aromatic nitrogens is 1. The van der Waals surface area contributed by atoms with Gasteiger partial charge in [0.1, 0.15) is 0 Å². The molecule has 0 aliphatic carbocycles. The fourth-order valence-corrected chi connectivity index (χ4v) is 4.22. The van der Waals surface area contributed by atoms with Gasteiger partial charge in [-0.05, 0) is 44.0 Å². The highest BCUT2D eigenvalue weighted by Gasteiger charge is 2.19. The van der Waals surface area contributed by atoms with Crippen molar-refractivity contribution in [2.45, 2.75) is 38.6 Å². The fourth-order valence-electron chi connectivity index (χ4n) is 2.74. The Balaban J connectivity index is 1.89. The number of amides is 1. The van der Waals surface area contributed by atoms with Crippen LogP contribution < -0.4 is 10.0 Å².